The standard InChI is InChI=1S/C61H96O6/c1-4-7-10-13-16-19-22-25-27-29-30-32-33-36-39-42-45-48-51-54-60(63)66-57-58(56-65-59(62)53-50-47-44-41-38-35-24-21-18-15-12-9-6-3)67-61(64)55-52-49-46-43-40-37-34-31-28-26-23-20-17-14-11-8-5-2/h7,9-10,12,16-21,25-28,30,32,35-36,38-39,45,48,58H,4-6,8,11,13-15,22-24,29,31,33-34,37,40-44,46-47,49-57H2,1-3H3/b10-7-,12-9-,19-16-,20-17-,21-18-,27-25-,28-26-,32-30-,38-35-,39-36-,48-45-. The van der Waals surface area contributed by atoms with Crippen molar-refractivity contribution in [2.75, 3.05) is 13.2 Å². The third kappa shape index (κ3) is 52.4. The molecule has 0 aliphatic heterocycles. The average molecular weight is 925 g/mol. The number of rotatable bonds is 46. The molecule has 0 N–H and O–H groups in total. The third-order valence-corrected chi connectivity index (χ3v) is 10.6. The molecule has 0 rings (SSSR count). The molecule has 0 aromatic heterocycles. The van der Waals surface area contributed by atoms with E-state index in [0.717, 1.165) is 122 Å². The van der Waals surface area contributed by atoms with E-state index < -0.39 is 6.10 Å². The number of hydrogen-bond donors (Lipinski definition) is 0. The van der Waals surface area contributed by atoms with Crippen LogP contribution in [0.4, 0.5) is 0 Å². The van der Waals surface area contributed by atoms with Gasteiger partial charge in [0.15, 0.2) is 6.10 Å². The average Bonchev–Trinajstić information content (AvgIpc) is 3.33. The molecule has 6 nitrogen and oxygen atoms in total. The molecule has 1 atom stereocenters. The van der Waals surface area contributed by atoms with E-state index in [1.54, 1.807) is 0 Å². The summed E-state index contributed by atoms with van der Waals surface area (Å²) in [5.41, 5.74) is 0. The van der Waals surface area contributed by atoms with Crippen molar-refractivity contribution in [3.8, 4) is 0 Å². The lowest BCUT2D eigenvalue weighted by Crippen LogP contribution is -2.30. The van der Waals surface area contributed by atoms with Gasteiger partial charge in [-0.2, -0.15) is 0 Å². The minimum atomic E-state index is -0.830. The van der Waals surface area contributed by atoms with Crippen molar-refractivity contribution >= 4 is 17.9 Å². The Labute approximate surface area is 411 Å². The first-order valence-electron chi connectivity index (χ1n) is 26.7. The van der Waals surface area contributed by atoms with Crippen molar-refractivity contribution < 1.29 is 28.6 Å². The van der Waals surface area contributed by atoms with Crippen LogP contribution >= 0.6 is 0 Å². The predicted octanol–water partition coefficient (Wildman–Crippen LogP) is 17.9. The van der Waals surface area contributed by atoms with Gasteiger partial charge >= 0.3 is 17.9 Å². The van der Waals surface area contributed by atoms with Gasteiger partial charge < -0.3 is 14.2 Å². The zero-order chi connectivity index (χ0) is 48.6. The summed E-state index contributed by atoms with van der Waals surface area (Å²) >= 11 is 0. The summed E-state index contributed by atoms with van der Waals surface area (Å²) in [6.45, 7) is 6.27. The van der Waals surface area contributed by atoms with E-state index in [4.69, 9.17) is 14.2 Å². The SMILES string of the molecule is CC/C=C\C/C=C\C/C=C\C/C=C\C/C=C\C/C=C\CCC(=O)OCC(COC(=O)CCCCC/C=C\C/C=C\C/C=C\CC)OC(=O)CCCCCCCCC/C=C\C/C=C\CCCCC. The summed E-state index contributed by atoms with van der Waals surface area (Å²) in [7, 11) is 0. The Morgan fingerprint density at radius 1 is 0.313 bits per heavy atom. The number of allylic oxidation sites excluding steroid dienone is 22. The molecule has 0 fully saturated rings. The van der Waals surface area contributed by atoms with Gasteiger partial charge in [0.1, 0.15) is 13.2 Å². The highest BCUT2D eigenvalue weighted by Crippen LogP contribution is 2.13. The van der Waals surface area contributed by atoms with Crippen molar-refractivity contribution in [3.63, 3.8) is 0 Å². The maximum Gasteiger partial charge on any atom is 0.306 e. The first kappa shape index (κ1) is 62.5. The molecule has 376 valence electrons. The van der Waals surface area contributed by atoms with E-state index in [0.29, 0.717) is 19.3 Å². The highest BCUT2D eigenvalue weighted by atomic mass is 16.6. The molecule has 0 bridgehead atoms. The van der Waals surface area contributed by atoms with Crippen molar-refractivity contribution in [2.45, 2.75) is 219 Å². The van der Waals surface area contributed by atoms with Gasteiger partial charge in [0, 0.05) is 19.3 Å². The topological polar surface area (TPSA) is 78.9 Å². The molecule has 67 heavy (non-hydrogen) atoms. The first-order chi connectivity index (χ1) is 33.0. The maximum absolute atomic E-state index is 12.8. The lowest BCUT2D eigenvalue weighted by molar-refractivity contribution is -0.166. The molecule has 0 saturated heterocycles. The van der Waals surface area contributed by atoms with E-state index >= 15 is 0 Å². The molecule has 1 unspecified atom stereocenters. The number of hydrogen-bond acceptors (Lipinski definition) is 6. The molecule has 0 amide bonds. The van der Waals surface area contributed by atoms with Crippen LogP contribution in [0.2, 0.25) is 0 Å². The van der Waals surface area contributed by atoms with Crippen molar-refractivity contribution in [3.05, 3.63) is 134 Å². The number of carbonyl (C=O) groups is 3. The zero-order valence-corrected chi connectivity index (χ0v) is 42.9. The Hall–Kier alpha value is -4.45. The molecule has 0 aromatic rings. The van der Waals surface area contributed by atoms with Gasteiger partial charge in [-0.3, -0.25) is 14.4 Å². The van der Waals surface area contributed by atoms with Gasteiger partial charge in [-0.1, -0.05) is 206 Å². The molecular formula is C61H96O6. The van der Waals surface area contributed by atoms with Crippen LogP contribution in [0, 0.1) is 0 Å². The fraction of sp³-hybridized carbons (Fsp3) is 0.590. The van der Waals surface area contributed by atoms with Gasteiger partial charge in [-0.25, -0.2) is 0 Å². The second-order valence-electron chi connectivity index (χ2n) is 17.0. The van der Waals surface area contributed by atoms with Gasteiger partial charge in [0.25, 0.3) is 0 Å². The van der Waals surface area contributed by atoms with Crippen LogP contribution in [0.15, 0.2) is 134 Å². The Morgan fingerprint density at radius 3 is 1.01 bits per heavy atom. The molecule has 0 spiro atoms. The monoisotopic (exact) mass is 925 g/mol. The highest BCUT2D eigenvalue weighted by molar-refractivity contribution is 5.71. The minimum absolute atomic E-state index is 0.125. The van der Waals surface area contributed by atoms with Crippen LogP contribution in [0.25, 0.3) is 0 Å². The normalized spacial score (nSPS) is 13.2. The molecule has 6 heteroatoms. The summed E-state index contributed by atoms with van der Waals surface area (Å²) in [6.07, 6.45) is 75.9. The predicted molar refractivity (Wildman–Crippen MR) is 288 cm³/mol. The number of carbonyl (C=O) groups excluding carboxylic acids is 3. The van der Waals surface area contributed by atoms with Crippen molar-refractivity contribution in [2.24, 2.45) is 0 Å². The van der Waals surface area contributed by atoms with E-state index in [2.05, 4.69) is 142 Å². The van der Waals surface area contributed by atoms with Crippen molar-refractivity contribution in [1.82, 2.24) is 0 Å². The molecule has 0 radical (unpaired) electrons. The van der Waals surface area contributed by atoms with Crippen molar-refractivity contribution in [1.29, 1.82) is 0 Å². The summed E-state index contributed by atoms with van der Waals surface area (Å²) in [5.74, 6) is -1.05. The quantitative estimate of drug-likeness (QED) is 0.0262. The second kappa shape index (κ2) is 54.2. The fourth-order valence-electron chi connectivity index (χ4n) is 6.69. The molecule has 0 aliphatic carbocycles. The second-order valence-corrected chi connectivity index (χ2v) is 17.0. The summed E-state index contributed by atoms with van der Waals surface area (Å²) in [4.78, 5) is 38.0. The molecule has 0 saturated carbocycles. The van der Waals surface area contributed by atoms with E-state index in [1.807, 2.05) is 12.2 Å². The first-order valence-corrected chi connectivity index (χ1v) is 26.7. The van der Waals surface area contributed by atoms with E-state index in [-0.39, 0.29) is 37.5 Å². The molecule has 0 aromatic carbocycles. The Bertz CT molecular complexity index is 1480. The van der Waals surface area contributed by atoms with E-state index in [9.17, 15) is 14.4 Å². The van der Waals surface area contributed by atoms with Crippen LogP contribution in [0.1, 0.15) is 213 Å². The van der Waals surface area contributed by atoms with Gasteiger partial charge in [-0.05, 0) is 122 Å². The Balaban J connectivity index is 4.57. The van der Waals surface area contributed by atoms with Crippen LogP contribution in [0.3, 0.4) is 0 Å². The number of unbranched alkanes of at least 4 members (excludes halogenated alkanes) is 13. The van der Waals surface area contributed by atoms with Crippen LogP contribution in [-0.2, 0) is 28.6 Å². The summed E-state index contributed by atoms with van der Waals surface area (Å²) in [5, 5.41) is 0. The highest BCUT2D eigenvalue weighted by Gasteiger charge is 2.19. The van der Waals surface area contributed by atoms with E-state index in [1.165, 1.54) is 44.9 Å². The lowest BCUT2D eigenvalue weighted by Gasteiger charge is -2.18. The van der Waals surface area contributed by atoms with Crippen LogP contribution < -0.4 is 0 Å². The Morgan fingerprint density at radius 2 is 0.612 bits per heavy atom. The van der Waals surface area contributed by atoms with Crippen LogP contribution in [-0.4, -0.2) is 37.2 Å². The fourth-order valence-corrected chi connectivity index (χ4v) is 6.69. The molecule has 0 aliphatic rings. The third-order valence-electron chi connectivity index (χ3n) is 10.6. The minimum Gasteiger partial charge on any atom is -0.462 e. The zero-order valence-electron chi connectivity index (χ0n) is 42.9. The lowest BCUT2D eigenvalue weighted by atomic mass is 10.1. The smallest absolute Gasteiger partial charge is 0.306 e. The van der Waals surface area contributed by atoms with Crippen LogP contribution in [0.5, 0.6) is 0 Å². The summed E-state index contributed by atoms with van der Waals surface area (Å²) < 4.78 is 16.7. The number of esters is 3. The molecule has 0 heterocycles. The maximum atomic E-state index is 12.8. The van der Waals surface area contributed by atoms with Gasteiger partial charge in [0.2, 0.25) is 0 Å². The van der Waals surface area contributed by atoms with Gasteiger partial charge in [0.05, 0.1) is 0 Å². The molecular weight excluding hydrogens is 829 g/mol. The number of ether oxygens (including phenoxy) is 3. The largest absolute Gasteiger partial charge is 0.462 e. The van der Waals surface area contributed by atoms with Gasteiger partial charge in [-0.15, -0.1) is 0 Å². The Kier molecular flexibility index (Phi) is 50.6. The summed E-state index contributed by atoms with van der Waals surface area (Å²) in [6, 6.07) is 0.